The molecule has 0 saturated heterocycles. The fourth-order valence-corrected chi connectivity index (χ4v) is 2.12. The normalized spacial score (nSPS) is 12.3. The van der Waals surface area contributed by atoms with E-state index in [4.69, 9.17) is 0 Å². The topological polar surface area (TPSA) is 81.6 Å². The van der Waals surface area contributed by atoms with Crippen molar-refractivity contribution in [3.8, 4) is 0 Å². The minimum absolute atomic E-state index is 0.248. The van der Waals surface area contributed by atoms with Crippen molar-refractivity contribution in [1.29, 1.82) is 0 Å². The van der Waals surface area contributed by atoms with Crippen LogP contribution in [0.2, 0.25) is 0 Å². The van der Waals surface area contributed by atoms with Crippen LogP contribution in [0.3, 0.4) is 0 Å². The van der Waals surface area contributed by atoms with Crippen LogP contribution in [0, 0.1) is 11.8 Å². The van der Waals surface area contributed by atoms with Gasteiger partial charge in [0.05, 0.1) is 0 Å². The Morgan fingerprint density at radius 2 is 1.79 bits per heavy atom. The van der Waals surface area contributed by atoms with Gasteiger partial charge in [-0.3, -0.25) is 9.78 Å². The zero-order valence-corrected chi connectivity index (χ0v) is 10.2. The molecule has 0 spiro atoms. The maximum absolute atomic E-state index is 11.2. The van der Waals surface area contributed by atoms with E-state index in [0.717, 1.165) is 0 Å². The summed E-state index contributed by atoms with van der Waals surface area (Å²) < 4.78 is 0. The van der Waals surface area contributed by atoms with E-state index >= 15 is 0 Å². The van der Waals surface area contributed by atoms with E-state index in [0.29, 0.717) is 12.5 Å². The molecule has 0 saturated carbocycles. The van der Waals surface area contributed by atoms with Gasteiger partial charge < -0.3 is 14.6 Å². The molecule has 0 bridgehead atoms. The number of hydrogen-bond acceptors (Lipinski definition) is 4. The summed E-state index contributed by atoms with van der Waals surface area (Å²) in [7, 11) is -3.74. The van der Waals surface area contributed by atoms with E-state index in [1.807, 2.05) is 13.8 Å². The van der Waals surface area contributed by atoms with Crippen LogP contribution in [0.5, 0.6) is 0 Å². The number of rotatable bonds is 5. The highest BCUT2D eigenvalue weighted by molar-refractivity contribution is 6.62. The summed E-state index contributed by atoms with van der Waals surface area (Å²) in [5.41, 5.74) is 0. The molecule has 0 rings (SSSR count). The van der Waals surface area contributed by atoms with Gasteiger partial charge in [-0.25, -0.2) is 0 Å². The predicted molar refractivity (Wildman–Crippen MR) is 56.0 cm³/mol. The Balaban J connectivity index is 4.00. The van der Waals surface area contributed by atoms with Gasteiger partial charge in [0, 0.05) is 5.92 Å². The van der Waals surface area contributed by atoms with Gasteiger partial charge in [0.2, 0.25) is 5.91 Å². The van der Waals surface area contributed by atoms with Gasteiger partial charge >= 0.3 is 8.88 Å². The average molecular weight is 220 g/mol. The summed E-state index contributed by atoms with van der Waals surface area (Å²) in [6, 6.07) is 0. The minimum atomic E-state index is -3.74. The van der Waals surface area contributed by atoms with Crippen molar-refractivity contribution in [2.24, 2.45) is 11.8 Å². The van der Waals surface area contributed by atoms with E-state index in [2.05, 4.69) is 9.96 Å². The van der Waals surface area contributed by atoms with Crippen LogP contribution in [0.25, 0.3) is 0 Å². The molecule has 6 heteroatoms. The van der Waals surface area contributed by atoms with Gasteiger partial charge in [0.15, 0.2) is 0 Å². The number of carbonyl (C=O) groups excluding carboxylic acids is 1. The van der Waals surface area contributed by atoms with Crippen LogP contribution in [-0.2, 0) is 4.79 Å². The van der Waals surface area contributed by atoms with E-state index in [1.165, 1.54) is 0 Å². The van der Waals surface area contributed by atoms with Gasteiger partial charge in [0.1, 0.15) is 0 Å². The summed E-state index contributed by atoms with van der Waals surface area (Å²) in [4.78, 5) is 34.8. The zero-order chi connectivity index (χ0) is 11.4. The second kappa shape index (κ2) is 5.45. The first-order chi connectivity index (χ1) is 6.24. The van der Waals surface area contributed by atoms with Crippen molar-refractivity contribution in [3.63, 3.8) is 0 Å². The lowest BCUT2D eigenvalue weighted by atomic mass is 10.2. The van der Waals surface area contributed by atoms with E-state index in [9.17, 15) is 14.4 Å². The first kappa shape index (κ1) is 13.6. The molecule has 0 unspecified atom stereocenters. The molecular weight excluding hydrogens is 200 g/mol. The largest absolute Gasteiger partial charge is 0.546 e. The van der Waals surface area contributed by atoms with Crippen molar-refractivity contribution in [3.05, 3.63) is 0 Å². The Kier molecular flexibility index (Phi) is 5.28. The number of hydrogen-bond donors (Lipinski definition) is 4. The molecule has 0 aromatic carbocycles. The summed E-state index contributed by atoms with van der Waals surface area (Å²) in [5, 5.41) is 0. The third kappa shape index (κ3) is 6.09. The standard InChI is InChI=1S/C8H20N2O3Si/c1-6(2)5-9-14(12,13)10-8(11)7(3)4/h6-7,9,12-13H,5H2,1-4H3,(H,10,11). The first-order valence-electron chi connectivity index (χ1n) is 4.76. The smallest absolute Gasteiger partial charge is 0.383 e. The molecule has 84 valence electrons. The molecule has 0 aliphatic rings. The molecule has 0 aromatic rings. The zero-order valence-electron chi connectivity index (χ0n) is 9.16. The van der Waals surface area contributed by atoms with Gasteiger partial charge in [-0.1, -0.05) is 27.7 Å². The van der Waals surface area contributed by atoms with Gasteiger partial charge in [0.25, 0.3) is 0 Å². The highest BCUT2D eigenvalue weighted by Gasteiger charge is 2.33. The summed E-state index contributed by atoms with van der Waals surface area (Å²) in [6.45, 7) is 7.76. The van der Waals surface area contributed by atoms with Crippen LogP contribution < -0.4 is 9.96 Å². The third-order valence-electron chi connectivity index (χ3n) is 1.58. The first-order valence-corrected chi connectivity index (χ1v) is 6.66. The van der Waals surface area contributed by atoms with E-state index < -0.39 is 8.88 Å². The maximum Gasteiger partial charge on any atom is 0.546 e. The third-order valence-corrected chi connectivity index (χ3v) is 2.87. The molecule has 0 aromatic heterocycles. The van der Waals surface area contributed by atoms with Crippen LogP contribution in [0.15, 0.2) is 0 Å². The molecule has 5 nitrogen and oxygen atoms in total. The van der Waals surface area contributed by atoms with Crippen LogP contribution in [-0.4, -0.2) is 30.9 Å². The molecule has 0 aliphatic carbocycles. The van der Waals surface area contributed by atoms with E-state index in [1.54, 1.807) is 13.8 Å². The predicted octanol–water partition coefficient (Wildman–Crippen LogP) is -0.576. The van der Waals surface area contributed by atoms with Crippen LogP contribution >= 0.6 is 0 Å². The molecule has 14 heavy (non-hydrogen) atoms. The molecule has 4 N–H and O–H groups in total. The SMILES string of the molecule is CC(C)CN[Si](O)(O)NC(=O)C(C)C. The lowest BCUT2D eigenvalue weighted by Gasteiger charge is -2.21. The molecule has 0 heterocycles. The monoisotopic (exact) mass is 220 g/mol. The highest BCUT2D eigenvalue weighted by atomic mass is 28.4. The Morgan fingerprint density at radius 1 is 1.29 bits per heavy atom. The minimum Gasteiger partial charge on any atom is -0.383 e. The Hall–Kier alpha value is -0.433. The number of carbonyl (C=O) groups is 1. The fraction of sp³-hybridized carbons (Fsp3) is 0.875. The molecular formula is C8H20N2O3Si. The van der Waals surface area contributed by atoms with Gasteiger partial charge in [-0.2, -0.15) is 0 Å². The molecule has 0 fully saturated rings. The van der Waals surface area contributed by atoms with Gasteiger partial charge in [-0.05, 0) is 12.5 Å². The summed E-state index contributed by atoms with van der Waals surface area (Å²) >= 11 is 0. The Labute approximate surface area is 85.9 Å². The van der Waals surface area contributed by atoms with Crippen molar-refractivity contribution in [2.75, 3.05) is 6.54 Å². The lowest BCUT2D eigenvalue weighted by Crippen LogP contribution is -2.66. The Morgan fingerprint density at radius 3 is 2.14 bits per heavy atom. The van der Waals surface area contributed by atoms with Crippen molar-refractivity contribution in [1.82, 2.24) is 9.96 Å². The van der Waals surface area contributed by atoms with Gasteiger partial charge in [-0.15, -0.1) is 0 Å². The Bertz CT molecular complexity index is 195. The molecule has 0 aliphatic heterocycles. The second-order valence-electron chi connectivity index (χ2n) is 4.09. The molecule has 0 atom stereocenters. The van der Waals surface area contributed by atoms with Crippen molar-refractivity contribution >= 4 is 14.8 Å². The van der Waals surface area contributed by atoms with Crippen LogP contribution in [0.4, 0.5) is 0 Å². The summed E-state index contributed by atoms with van der Waals surface area (Å²) in [5.74, 6) is -0.294. The lowest BCUT2D eigenvalue weighted by molar-refractivity contribution is -0.123. The van der Waals surface area contributed by atoms with Crippen LogP contribution in [0.1, 0.15) is 27.7 Å². The fourth-order valence-electron chi connectivity index (χ4n) is 0.707. The number of nitrogens with one attached hydrogen (secondary N) is 2. The van der Waals surface area contributed by atoms with Crippen molar-refractivity contribution < 1.29 is 14.4 Å². The molecule has 0 radical (unpaired) electrons. The number of amides is 1. The molecule has 1 amide bonds. The maximum atomic E-state index is 11.2. The summed E-state index contributed by atoms with van der Waals surface area (Å²) in [6.07, 6.45) is 0. The van der Waals surface area contributed by atoms with E-state index in [-0.39, 0.29) is 11.8 Å². The highest BCUT2D eigenvalue weighted by Crippen LogP contribution is 1.94. The second-order valence-corrected chi connectivity index (χ2v) is 6.04. The quantitative estimate of drug-likeness (QED) is 0.468. The van der Waals surface area contributed by atoms with Crippen molar-refractivity contribution in [2.45, 2.75) is 27.7 Å². The average Bonchev–Trinajstić information content (AvgIpc) is 2.00.